The Bertz CT molecular complexity index is 424. The predicted molar refractivity (Wildman–Crippen MR) is 80.4 cm³/mol. The summed E-state index contributed by atoms with van der Waals surface area (Å²) in [5.41, 5.74) is -0.675. The average molecular weight is 300 g/mol. The van der Waals surface area contributed by atoms with Crippen molar-refractivity contribution in [2.75, 3.05) is 25.1 Å². The third kappa shape index (κ3) is 5.79. The number of hydrogen-bond acceptors (Lipinski definition) is 3. The molecule has 112 valence electrons. The Balaban J connectivity index is 2.39. The molecule has 1 atom stereocenters. The Kier molecular flexibility index (Phi) is 6.81. The highest BCUT2D eigenvalue weighted by atomic mass is 32.2. The lowest BCUT2D eigenvalue weighted by molar-refractivity contribution is 0.0593. The largest absolute Gasteiger partial charge is 0.384 e. The van der Waals surface area contributed by atoms with Gasteiger partial charge < -0.3 is 15.7 Å². The van der Waals surface area contributed by atoms with Crippen LogP contribution in [0.2, 0.25) is 0 Å². The van der Waals surface area contributed by atoms with Crippen LogP contribution in [0.4, 0.5) is 9.18 Å². The molecular formula is C14H21FN2O2S. The van der Waals surface area contributed by atoms with Crippen LogP contribution in [0, 0.1) is 5.82 Å². The third-order valence-corrected chi connectivity index (χ3v) is 3.57. The van der Waals surface area contributed by atoms with Crippen LogP contribution in [-0.4, -0.2) is 36.2 Å². The van der Waals surface area contributed by atoms with Crippen molar-refractivity contribution in [1.29, 1.82) is 0 Å². The zero-order valence-corrected chi connectivity index (χ0v) is 12.6. The highest BCUT2D eigenvalue weighted by Gasteiger charge is 2.23. The summed E-state index contributed by atoms with van der Waals surface area (Å²) in [4.78, 5) is 11.5. The topological polar surface area (TPSA) is 61.4 Å². The van der Waals surface area contributed by atoms with Crippen LogP contribution < -0.4 is 10.6 Å². The van der Waals surface area contributed by atoms with Crippen molar-refractivity contribution >= 4 is 17.8 Å². The van der Waals surface area contributed by atoms with Crippen LogP contribution >= 0.6 is 11.8 Å². The summed E-state index contributed by atoms with van der Waals surface area (Å²) in [7, 11) is 0. The number of halogens is 1. The van der Waals surface area contributed by atoms with Crippen LogP contribution in [0.25, 0.3) is 0 Å². The molecule has 0 spiro atoms. The molecule has 2 amide bonds. The van der Waals surface area contributed by atoms with Gasteiger partial charge in [-0.1, -0.05) is 12.1 Å². The van der Waals surface area contributed by atoms with E-state index in [0.29, 0.717) is 12.1 Å². The number of rotatable bonds is 7. The van der Waals surface area contributed by atoms with Crippen LogP contribution in [0.15, 0.2) is 24.3 Å². The minimum Gasteiger partial charge on any atom is -0.384 e. The van der Waals surface area contributed by atoms with Crippen LogP contribution in [0.1, 0.15) is 18.9 Å². The molecule has 0 fully saturated rings. The van der Waals surface area contributed by atoms with Gasteiger partial charge in [-0.15, -0.1) is 0 Å². The van der Waals surface area contributed by atoms with E-state index >= 15 is 0 Å². The van der Waals surface area contributed by atoms with Crippen molar-refractivity contribution in [3.63, 3.8) is 0 Å². The number of urea groups is 1. The SMILES string of the molecule is CSCCCNC(=O)NCC(C)(O)c1ccc(F)cc1. The summed E-state index contributed by atoms with van der Waals surface area (Å²) in [6, 6.07) is 5.27. The first kappa shape index (κ1) is 16.8. The van der Waals surface area contributed by atoms with E-state index in [1.54, 1.807) is 18.7 Å². The van der Waals surface area contributed by atoms with Gasteiger partial charge >= 0.3 is 6.03 Å². The Morgan fingerprint density at radius 3 is 2.60 bits per heavy atom. The number of hydrogen-bond donors (Lipinski definition) is 3. The molecule has 0 aromatic heterocycles. The smallest absolute Gasteiger partial charge is 0.314 e. The molecule has 0 radical (unpaired) electrons. The summed E-state index contributed by atoms with van der Waals surface area (Å²) < 4.78 is 12.8. The Morgan fingerprint density at radius 2 is 2.00 bits per heavy atom. The number of thioether (sulfide) groups is 1. The summed E-state index contributed by atoms with van der Waals surface area (Å²) in [5, 5.41) is 15.6. The van der Waals surface area contributed by atoms with Gasteiger partial charge in [0.05, 0.1) is 6.54 Å². The van der Waals surface area contributed by atoms with E-state index in [-0.39, 0.29) is 18.4 Å². The van der Waals surface area contributed by atoms with Gasteiger partial charge in [-0.25, -0.2) is 9.18 Å². The second-order valence-electron chi connectivity index (χ2n) is 4.74. The summed E-state index contributed by atoms with van der Waals surface area (Å²) in [6.45, 7) is 2.24. The lowest BCUT2D eigenvalue weighted by Crippen LogP contribution is -2.43. The Morgan fingerprint density at radius 1 is 1.35 bits per heavy atom. The molecule has 20 heavy (non-hydrogen) atoms. The van der Waals surface area contributed by atoms with Gasteiger partial charge in [0.15, 0.2) is 0 Å². The second-order valence-corrected chi connectivity index (χ2v) is 5.72. The van der Waals surface area contributed by atoms with E-state index in [0.717, 1.165) is 12.2 Å². The van der Waals surface area contributed by atoms with E-state index in [4.69, 9.17) is 0 Å². The lowest BCUT2D eigenvalue weighted by atomic mass is 9.96. The van der Waals surface area contributed by atoms with Crippen LogP contribution in [-0.2, 0) is 5.60 Å². The molecule has 0 heterocycles. The van der Waals surface area contributed by atoms with Crippen molar-refractivity contribution in [1.82, 2.24) is 10.6 Å². The molecule has 1 unspecified atom stereocenters. The van der Waals surface area contributed by atoms with Gasteiger partial charge in [-0.05, 0) is 43.0 Å². The molecule has 1 aromatic rings. The summed E-state index contributed by atoms with van der Waals surface area (Å²) in [5.74, 6) is 0.636. The number of carbonyl (C=O) groups excluding carboxylic acids is 1. The van der Waals surface area contributed by atoms with Crippen molar-refractivity contribution in [3.8, 4) is 0 Å². The second kappa shape index (κ2) is 8.11. The molecule has 0 aliphatic rings. The van der Waals surface area contributed by atoms with E-state index in [2.05, 4.69) is 10.6 Å². The number of aliphatic hydroxyl groups is 1. The zero-order chi connectivity index (χ0) is 15.0. The molecule has 4 nitrogen and oxygen atoms in total. The fraction of sp³-hybridized carbons (Fsp3) is 0.500. The third-order valence-electron chi connectivity index (χ3n) is 2.87. The normalized spacial score (nSPS) is 13.6. The van der Waals surface area contributed by atoms with Gasteiger partial charge in [0.2, 0.25) is 0 Å². The molecule has 0 saturated carbocycles. The fourth-order valence-electron chi connectivity index (χ4n) is 1.64. The lowest BCUT2D eigenvalue weighted by Gasteiger charge is -2.24. The highest BCUT2D eigenvalue weighted by Crippen LogP contribution is 2.19. The van der Waals surface area contributed by atoms with E-state index < -0.39 is 5.60 Å². The first-order chi connectivity index (χ1) is 9.45. The van der Waals surface area contributed by atoms with Gasteiger partial charge in [0.1, 0.15) is 11.4 Å². The molecule has 3 N–H and O–H groups in total. The first-order valence-corrected chi connectivity index (χ1v) is 7.84. The Labute approximate surface area is 123 Å². The molecule has 6 heteroatoms. The maximum absolute atomic E-state index is 12.8. The highest BCUT2D eigenvalue weighted by molar-refractivity contribution is 7.98. The predicted octanol–water partition coefficient (Wildman–Crippen LogP) is 2.09. The first-order valence-electron chi connectivity index (χ1n) is 6.45. The molecular weight excluding hydrogens is 279 g/mol. The summed E-state index contributed by atoms with van der Waals surface area (Å²) in [6.07, 6.45) is 2.92. The van der Waals surface area contributed by atoms with Gasteiger partial charge in [-0.2, -0.15) is 11.8 Å². The quantitative estimate of drug-likeness (QED) is 0.676. The molecule has 1 rings (SSSR count). The summed E-state index contributed by atoms with van der Waals surface area (Å²) >= 11 is 1.73. The Hall–Kier alpha value is -1.27. The van der Waals surface area contributed by atoms with Gasteiger partial charge in [0, 0.05) is 6.54 Å². The molecule has 1 aromatic carbocycles. The maximum Gasteiger partial charge on any atom is 0.314 e. The van der Waals surface area contributed by atoms with Gasteiger partial charge in [-0.3, -0.25) is 0 Å². The van der Waals surface area contributed by atoms with Crippen molar-refractivity contribution in [2.45, 2.75) is 18.9 Å². The van der Waals surface area contributed by atoms with E-state index in [1.165, 1.54) is 24.3 Å². The molecule has 0 aliphatic heterocycles. The zero-order valence-electron chi connectivity index (χ0n) is 11.8. The standard InChI is InChI=1S/C14H21FN2O2S/c1-14(19,11-4-6-12(15)7-5-11)10-17-13(18)16-8-3-9-20-2/h4-7,19H,3,8-10H2,1-2H3,(H2,16,17,18). The van der Waals surface area contributed by atoms with Crippen molar-refractivity contribution in [3.05, 3.63) is 35.6 Å². The van der Waals surface area contributed by atoms with Crippen molar-refractivity contribution < 1.29 is 14.3 Å². The van der Waals surface area contributed by atoms with E-state index in [9.17, 15) is 14.3 Å². The number of benzene rings is 1. The monoisotopic (exact) mass is 300 g/mol. The molecule has 0 saturated heterocycles. The van der Waals surface area contributed by atoms with Crippen LogP contribution in [0.3, 0.4) is 0 Å². The number of amides is 2. The molecule has 0 bridgehead atoms. The minimum atomic E-state index is -1.23. The van der Waals surface area contributed by atoms with E-state index in [1.807, 2.05) is 6.26 Å². The number of carbonyl (C=O) groups is 1. The average Bonchev–Trinajstić information content (AvgIpc) is 2.42. The molecule has 0 aliphatic carbocycles. The van der Waals surface area contributed by atoms with Crippen LogP contribution in [0.5, 0.6) is 0 Å². The maximum atomic E-state index is 12.8. The number of nitrogens with one attached hydrogen (secondary N) is 2. The van der Waals surface area contributed by atoms with Crippen molar-refractivity contribution in [2.24, 2.45) is 0 Å². The van der Waals surface area contributed by atoms with Gasteiger partial charge in [0.25, 0.3) is 0 Å². The fourth-order valence-corrected chi connectivity index (χ4v) is 2.08. The minimum absolute atomic E-state index is 0.0625.